The van der Waals surface area contributed by atoms with Gasteiger partial charge < -0.3 is 24.1 Å². The van der Waals surface area contributed by atoms with Crippen LogP contribution in [0.25, 0.3) is 11.6 Å². The first kappa shape index (κ1) is 19.5. The summed E-state index contributed by atoms with van der Waals surface area (Å²) in [5, 5.41) is 9.96. The van der Waals surface area contributed by atoms with Gasteiger partial charge in [0.1, 0.15) is 0 Å². The van der Waals surface area contributed by atoms with Crippen molar-refractivity contribution >= 4 is 29.2 Å². The van der Waals surface area contributed by atoms with Crippen LogP contribution in [0.4, 0.5) is 0 Å². The average molecular weight is 379 g/mol. The van der Waals surface area contributed by atoms with E-state index in [1.165, 1.54) is 34.5 Å². The number of rotatable bonds is 7. The van der Waals surface area contributed by atoms with Gasteiger partial charge in [-0.3, -0.25) is 0 Å². The Morgan fingerprint density at radius 2 is 1.58 bits per heavy atom. The van der Waals surface area contributed by atoms with E-state index in [0.717, 1.165) is 0 Å². The molecule has 2 aromatic rings. The fourth-order valence-corrected chi connectivity index (χ4v) is 2.76. The summed E-state index contributed by atoms with van der Waals surface area (Å²) in [6.07, 6.45) is 1.50. The summed E-state index contributed by atoms with van der Waals surface area (Å²) < 4.78 is 20.9. The zero-order valence-electron chi connectivity index (χ0n) is 14.8. The summed E-state index contributed by atoms with van der Waals surface area (Å²) in [7, 11) is 5.96. The predicted molar refractivity (Wildman–Crippen MR) is 99.6 cm³/mol. The molecule has 0 saturated heterocycles. The summed E-state index contributed by atoms with van der Waals surface area (Å²) >= 11 is 6.19. The zero-order chi connectivity index (χ0) is 19.3. The highest BCUT2D eigenvalue weighted by atomic mass is 35.5. The van der Waals surface area contributed by atoms with E-state index in [4.69, 9.17) is 30.5 Å². The standard InChI is InChI=1S/C19H19ClO6/c1-23-15-6-5-12(10-16(15)24-2)13(19(21)22)7-11-8-14(20)18(26-4)17(9-11)25-3/h5-10H,1-4H3,(H,21,22)/b13-7+. The van der Waals surface area contributed by atoms with Crippen LogP contribution in [-0.4, -0.2) is 39.5 Å². The van der Waals surface area contributed by atoms with Gasteiger partial charge in [-0.1, -0.05) is 17.7 Å². The quantitative estimate of drug-likeness (QED) is 0.580. The molecule has 0 atom stereocenters. The smallest absolute Gasteiger partial charge is 0.336 e. The normalized spacial score (nSPS) is 11.0. The SMILES string of the molecule is COc1ccc(/C(=C\c2cc(Cl)c(OC)c(OC)c2)C(=O)O)cc1OC. The van der Waals surface area contributed by atoms with E-state index >= 15 is 0 Å². The Morgan fingerprint density at radius 1 is 0.923 bits per heavy atom. The number of carboxylic acids is 1. The van der Waals surface area contributed by atoms with Crippen LogP contribution in [0.1, 0.15) is 11.1 Å². The number of halogens is 1. The van der Waals surface area contributed by atoms with Crippen molar-refractivity contribution in [3.63, 3.8) is 0 Å². The van der Waals surface area contributed by atoms with E-state index < -0.39 is 5.97 Å². The second-order valence-electron chi connectivity index (χ2n) is 5.17. The third-order valence-corrected chi connectivity index (χ3v) is 3.97. The lowest BCUT2D eigenvalue weighted by Gasteiger charge is -2.12. The van der Waals surface area contributed by atoms with Crippen LogP contribution in [0.2, 0.25) is 5.02 Å². The molecule has 0 saturated carbocycles. The molecule has 6 nitrogen and oxygen atoms in total. The van der Waals surface area contributed by atoms with Crippen molar-refractivity contribution in [3.05, 3.63) is 46.5 Å². The van der Waals surface area contributed by atoms with E-state index in [-0.39, 0.29) is 5.57 Å². The highest BCUT2D eigenvalue weighted by molar-refractivity contribution is 6.32. The number of benzene rings is 2. The molecule has 138 valence electrons. The van der Waals surface area contributed by atoms with E-state index in [0.29, 0.717) is 39.1 Å². The molecule has 0 fully saturated rings. The maximum atomic E-state index is 11.8. The molecular weight excluding hydrogens is 360 g/mol. The van der Waals surface area contributed by atoms with Crippen molar-refractivity contribution in [2.75, 3.05) is 28.4 Å². The van der Waals surface area contributed by atoms with Gasteiger partial charge in [-0.2, -0.15) is 0 Å². The fourth-order valence-electron chi connectivity index (χ4n) is 2.46. The monoisotopic (exact) mass is 378 g/mol. The maximum absolute atomic E-state index is 11.8. The van der Waals surface area contributed by atoms with Gasteiger partial charge in [0.15, 0.2) is 23.0 Å². The van der Waals surface area contributed by atoms with E-state index in [1.807, 2.05) is 0 Å². The maximum Gasteiger partial charge on any atom is 0.336 e. The molecule has 0 aliphatic carbocycles. The molecule has 0 aliphatic heterocycles. The fraction of sp³-hybridized carbons (Fsp3) is 0.211. The number of aliphatic carboxylic acids is 1. The molecule has 0 aliphatic rings. The molecule has 7 heteroatoms. The summed E-state index contributed by atoms with van der Waals surface area (Å²) in [5.41, 5.74) is 1.08. The largest absolute Gasteiger partial charge is 0.493 e. The van der Waals surface area contributed by atoms with Gasteiger partial charge in [0.2, 0.25) is 0 Å². The molecule has 0 aromatic heterocycles. The summed E-state index contributed by atoms with van der Waals surface area (Å²) in [5.74, 6) is 0.637. The van der Waals surface area contributed by atoms with Gasteiger partial charge >= 0.3 is 5.97 Å². The Hall–Kier alpha value is -2.86. The van der Waals surface area contributed by atoms with Crippen LogP contribution in [0.15, 0.2) is 30.3 Å². The van der Waals surface area contributed by atoms with E-state index in [1.54, 1.807) is 30.3 Å². The first-order valence-electron chi connectivity index (χ1n) is 7.54. The number of hydrogen-bond acceptors (Lipinski definition) is 5. The van der Waals surface area contributed by atoms with Crippen LogP contribution in [-0.2, 0) is 4.79 Å². The molecule has 0 heterocycles. The molecule has 26 heavy (non-hydrogen) atoms. The number of methoxy groups -OCH3 is 4. The van der Waals surface area contributed by atoms with Crippen LogP contribution < -0.4 is 18.9 Å². The van der Waals surface area contributed by atoms with Crippen molar-refractivity contribution in [1.82, 2.24) is 0 Å². The lowest BCUT2D eigenvalue weighted by molar-refractivity contribution is -0.130. The molecular formula is C19H19ClO6. The van der Waals surface area contributed by atoms with Gasteiger partial charge in [0.25, 0.3) is 0 Å². The zero-order valence-corrected chi connectivity index (χ0v) is 15.6. The number of carboxylic acid groups (broad SMARTS) is 1. The van der Waals surface area contributed by atoms with Gasteiger partial charge in [0.05, 0.1) is 39.0 Å². The Labute approximate surface area is 156 Å². The molecule has 0 unspecified atom stereocenters. The third kappa shape index (κ3) is 4.03. The topological polar surface area (TPSA) is 74.2 Å². The minimum absolute atomic E-state index is 0.0641. The minimum Gasteiger partial charge on any atom is -0.493 e. The first-order valence-corrected chi connectivity index (χ1v) is 7.91. The lowest BCUT2D eigenvalue weighted by atomic mass is 10.0. The Balaban J connectivity index is 2.58. The minimum atomic E-state index is -1.09. The highest BCUT2D eigenvalue weighted by Gasteiger charge is 2.16. The van der Waals surface area contributed by atoms with Crippen molar-refractivity contribution in [2.45, 2.75) is 0 Å². The second kappa shape index (κ2) is 8.49. The average Bonchev–Trinajstić information content (AvgIpc) is 2.64. The molecule has 0 spiro atoms. The number of hydrogen-bond donors (Lipinski definition) is 1. The van der Waals surface area contributed by atoms with Crippen molar-refractivity contribution in [1.29, 1.82) is 0 Å². The third-order valence-electron chi connectivity index (χ3n) is 3.69. The van der Waals surface area contributed by atoms with Gasteiger partial charge in [0, 0.05) is 0 Å². The Kier molecular flexibility index (Phi) is 6.36. The first-order chi connectivity index (χ1) is 12.4. The van der Waals surface area contributed by atoms with Crippen LogP contribution in [0, 0.1) is 0 Å². The van der Waals surface area contributed by atoms with E-state index in [2.05, 4.69) is 0 Å². The second-order valence-corrected chi connectivity index (χ2v) is 5.58. The van der Waals surface area contributed by atoms with Gasteiger partial charge in [-0.25, -0.2) is 4.79 Å². The van der Waals surface area contributed by atoms with Crippen molar-refractivity contribution < 1.29 is 28.8 Å². The molecule has 2 aromatic carbocycles. The molecule has 0 bridgehead atoms. The molecule has 0 amide bonds. The van der Waals surface area contributed by atoms with Crippen LogP contribution in [0.3, 0.4) is 0 Å². The highest BCUT2D eigenvalue weighted by Crippen LogP contribution is 2.37. The molecule has 1 N–H and O–H groups in total. The lowest BCUT2D eigenvalue weighted by Crippen LogP contribution is -2.01. The number of ether oxygens (including phenoxy) is 4. The molecule has 2 rings (SSSR count). The number of carbonyl (C=O) groups is 1. The Morgan fingerprint density at radius 3 is 2.12 bits per heavy atom. The van der Waals surface area contributed by atoms with Crippen molar-refractivity contribution in [2.24, 2.45) is 0 Å². The van der Waals surface area contributed by atoms with Crippen LogP contribution >= 0.6 is 11.6 Å². The summed E-state index contributed by atoms with van der Waals surface area (Å²) in [6, 6.07) is 8.14. The Bertz CT molecular complexity index is 844. The predicted octanol–water partition coefficient (Wildman–Crippen LogP) is 4.00. The van der Waals surface area contributed by atoms with Gasteiger partial charge in [-0.05, 0) is 41.5 Å². The van der Waals surface area contributed by atoms with Crippen LogP contribution in [0.5, 0.6) is 23.0 Å². The molecule has 0 radical (unpaired) electrons. The summed E-state index contributed by atoms with van der Waals surface area (Å²) in [6.45, 7) is 0. The summed E-state index contributed by atoms with van der Waals surface area (Å²) in [4.78, 5) is 11.8. The van der Waals surface area contributed by atoms with Crippen molar-refractivity contribution in [3.8, 4) is 23.0 Å². The van der Waals surface area contributed by atoms with E-state index in [9.17, 15) is 9.90 Å². The van der Waals surface area contributed by atoms with Gasteiger partial charge in [-0.15, -0.1) is 0 Å².